The largest absolute Gasteiger partial charge is 0.369 e. The number of carbonyl (C=O) groups is 2. The van der Waals surface area contributed by atoms with E-state index in [1.807, 2.05) is 6.20 Å². The van der Waals surface area contributed by atoms with Crippen LogP contribution in [0.4, 0.5) is 4.39 Å². The van der Waals surface area contributed by atoms with Crippen molar-refractivity contribution in [3.8, 4) is 0 Å². The molecule has 0 aromatic carbocycles. The maximum Gasteiger partial charge on any atom is 0.256 e. The second-order valence-electron chi connectivity index (χ2n) is 11.5. The number of nitrogens with two attached hydrogens (primary N) is 1. The Labute approximate surface area is 207 Å². The van der Waals surface area contributed by atoms with E-state index in [4.69, 9.17) is 10.5 Å². The van der Waals surface area contributed by atoms with Crippen LogP contribution in [0.15, 0.2) is 11.8 Å². The van der Waals surface area contributed by atoms with Crippen molar-refractivity contribution in [2.75, 3.05) is 39.3 Å². The summed E-state index contributed by atoms with van der Waals surface area (Å²) in [6, 6.07) is -0.388. The van der Waals surface area contributed by atoms with Gasteiger partial charge in [-0.25, -0.2) is 4.39 Å². The predicted octanol–water partition coefficient (Wildman–Crippen LogP) is 0.805. The lowest BCUT2D eigenvalue weighted by Crippen LogP contribution is -2.73. The molecule has 0 aromatic rings. The maximum atomic E-state index is 15.8. The van der Waals surface area contributed by atoms with Gasteiger partial charge in [-0.3, -0.25) is 14.5 Å². The van der Waals surface area contributed by atoms with Gasteiger partial charge in [-0.05, 0) is 51.6 Å². The van der Waals surface area contributed by atoms with E-state index in [1.165, 1.54) is 12.8 Å². The fourth-order valence-corrected chi connectivity index (χ4v) is 7.68. The third-order valence-electron chi connectivity index (χ3n) is 9.38. The van der Waals surface area contributed by atoms with Crippen LogP contribution in [0, 0.1) is 5.92 Å². The van der Waals surface area contributed by atoms with E-state index in [2.05, 4.69) is 20.0 Å². The Bertz CT molecular complexity index is 864. The summed E-state index contributed by atoms with van der Waals surface area (Å²) in [5.41, 5.74) is 6.37. The minimum Gasteiger partial charge on any atom is -0.369 e. The zero-order chi connectivity index (χ0) is 24.1. The van der Waals surface area contributed by atoms with E-state index in [0.29, 0.717) is 13.1 Å². The summed E-state index contributed by atoms with van der Waals surface area (Å²) < 4.78 is 22.5. The molecule has 4 heterocycles. The number of fused-ring (bicyclic) bond motifs is 2. The van der Waals surface area contributed by atoms with Gasteiger partial charge in [0.05, 0.1) is 35.9 Å². The van der Waals surface area contributed by atoms with Crippen molar-refractivity contribution in [2.24, 2.45) is 11.7 Å². The van der Waals surface area contributed by atoms with Gasteiger partial charge in [0.25, 0.3) is 5.91 Å². The van der Waals surface area contributed by atoms with Crippen LogP contribution < -0.4 is 11.1 Å². The molecule has 0 aromatic heterocycles. The van der Waals surface area contributed by atoms with E-state index in [-0.39, 0.29) is 60.1 Å². The molecule has 8 nitrogen and oxygen atoms in total. The summed E-state index contributed by atoms with van der Waals surface area (Å²) in [5.74, 6) is -1.08. The number of hydrogen-bond acceptors (Lipinski definition) is 7. The quantitative estimate of drug-likeness (QED) is 0.552. The maximum absolute atomic E-state index is 15.8. The van der Waals surface area contributed by atoms with Crippen LogP contribution >= 0.6 is 0 Å². The van der Waals surface area contributed by atoms with E-state index in [1.54, 1.807) is 0 Å². The molecule has 3 N–H and O–H groups in total. The number of amides is 1. The number of carbonyl (C=O) groups excluding carboxylic acids is 2. The molecule has 8 unspecified atom stereocenters. The normalized spacial score (nSPS) is 41.9. The first kappa shape index (κ1) is 23.8. The number of rotatable bonds is 5. The average Bonchev–Trinajstić information content (AvgIpc) is 3.52. The number of hydrogen-bond donors (Lipinski definition) is 2. The van der Waals surface area contributed by atoms with Gasteiger partial charge in [0, 0.05) is 44.3 Å². The van der Waals surface area contributed by atoms with Crippen molar-refractivity contribution in [1.29, 1.82) is 0 Å². The number of nitrogens with zero attached hydrogens (tertiary/aromatic N) is 3. The smallest absolute Gasteiger partial charge is 0.256 e. The van der Waals surface area contributed by atoms with Crippen LogP contribution in [-0.4, -0.2) is 108 Å². The van der Waals surface area contributed by atoms with Gasteiger partial charge >= 0.3 is 0 Å². The van der Waals surface area contributed by atoms with Gasteiger partial charge in [-0.15, -0.1) is 0 Å². The second kappa shape index (κ2) is 9.72. The van der Waals surface area contributed by atoms with Crippen LogP contribution in [0.25, 0.3) is 0 Å². The predicted molar refractivity (Wildman–Crippen MR) is 129 cm³/mol. The molecule has 8 atom stereocenters. The standard InChI is InChI=1S/C26H40FN5O3/c27-19-13-17-22-25(23(19)31-11-7-16(28)14-31)35-21-6-2-1-5-20(21)32(22)15-18(24(17)33)26(34)29-8-12-30-9-3-4-10-30/h15-17,19-23,25H,1-14,28H2,(H,29,34). The summed E-state index contributed by atoms with van der Waals surface area (Å²) in [6.07, 6.45) is 7.82. The van der Waals surface area contributed by atoms with Gasteiger partial charge in [0.15, 0.2) is 5.78 Å². The van der Waals surface area contributed by atoms with Gasteiger partial charge in [0.2, 0.25) is 0 Å². The number of alkyl halides is 1. The monoisotopic (exact) mass is 489 g/mol. The summed E-state index contributed by atoms with van der Waals surface area (Å²) in [6.45, 7) is 4.91. The lowest BCUT2D eigenvalue weighted by Gasteiger charge is -2.60. The van der Waals surface area contributed by atoms with Gasteiger partial charge in [0.1, 0.15) is 6.17 Å². The molecule has 1 amide bonds. The minimum absolute atomic E-state index is 0.0126. The third kappa shape index (κ3) is 4.32. The lowest BCUT2D eigenvalue weighted by molar-refractivity contribution is -0.209. The number of nitrogens with one attached hydrogen (secondary N) is 1. The van der Waals surface area contributed by atoms with Gasteiger partial charge in [-0.2, -0.15) is 0 Å². The summed E-state index contributed by atoms with van der Waals surface area (Å²) >= 11 is 0. The van der Waals surface area contributed by atoms with Crippen molar-refractivity contribution in [2.45, 2.75) is 93.9 Å². The van der Waals surface area contributed by atoms with Crippen molar-refractivity contribution in [3.63, 3.8) is 0 Å². The fraction of sp³-hybridized carbons (Fsp3) is 0.846. The van der Waals surface area contributed by atoms with Crippen molar-refractivity contribution < 1.29 is 18.7 Å². The van der Waals surface area contributed by atoms with Crippen LogP contribution in [0.3, 0.4) is 0 Å². The number of halogens is 1. The number of Topliss-reactive ketones (excluding diaryl/α,β-unsaturated/α-hetero) is 1. The molecule has 2 saturated carbocycles. The van der Waals surface area contributed by atoms with Crippen molar-refractivity contribution in [1.82, 2.24) is 20.0 Å². The average molecular weight is 490 g/mol. The molecule has 5 fully saturated rings. The van der Waals surface area contributed by atoms with Gasteiger partial charge in [-0.1, -0.05) is 12.8 Å². The SMILES string of the molecule is NC1CCN(C2C(F)CC3C(=O)C(C(=O)NCCN4CCCC4)=CN4C5CCCCC5OC2C34)C1. The van der Waals surface area contributed by atoms with E-state index >= 15 is 4.39 Å². The van der Waals surface area contributed by atoms with Gasteiger partial charge < -0.3 is 25.6 Å². The summed E-state index contributed by atoms with van der Waals surface area (Å²) in [7, 11) is 0. The first-order valence-electron chi connectivity index (χ1n) is 13.8. The molecule has 0 spiro atoms. The van der Waals surface area contributed by atoms with Crippen molar-refractivity contribution in [3.05, 3.63) is 11.8 Å². The van der Waals surface area contributed by atoms with Crippen LogP contribution in [-0.2, 0) is 14.3 Å². The Morgan fingerprint density at radius 3 is 2.69 bits per heavy atom. The fourth-order valence-electron chi connectivity index (χ4n) is 7.68. The molecular weight excluding hydrogens is 449 g/mol. The molecule has 0 bridgehead atoms. The minimum atomic E-state index is -1.17. The summed E-state index contributed by atoms with van der Waals surface area (Å²) in [4.78, 5) is 33.5. The molecule has 9 heteroatoms. The van der Waals surface area contributed by atoms with E-state index in [0.717, 1.165) is 58.3 Å². The first-order chi connectivity index (χ1) is 17.0. The molecule has 35 heavy (non-hydrogen) atoms. The van der Waals surface area contributed by atoms with Crippen LogP contribution in [0.2, 0.25) is 0 Å². The number of ether oxygens (including phenoxy) is 1. The number of morpholine rings is 1. The molecule has 0 radical (unpaired) electrons. The lowest BCUT2D eigenvalue weighted by atomic mass is 9.69. The Balaban J connectivity index is 1.26. The van der Waals surface area contributed by atoms with Crippen LogP contribution in [0.1, 0.15) is 51.4 Å². The Morgan fingerprint density at radius 1 is 1.11 bits per heavy atom. The topological polar surface area (TPSA) is 91.1 Å². The number of likely N-dealkylation sites (tertiary alicyclic amines) is 2. The molecule has 4 aliphatic heterocycles. The highest BCUT2D eigenvalue weighted by Gasteiger charge is 2.59. The van der Waals surface area contributed by atoms with Crippen LogP contribution in [0.5, 0.6) is 0 Å². The third-order valence-corrected chi connectivity index (χ3v) is 9.38. The molecule has 194 valence electrons. The molecule has 3 saturated heterocycles. The van der Waals surface area contributed by atoms with E-state index < -0.39 is 12.1 Å². The Morgan fingerprint density at radius 2 is 1.91 bits per heavy atom. The molecule has 6 aliphatic rings. The molecule has 2 aliphatic carbocycles. The Kier molecular flexibility index (Phi) is 6.62. The molecular formula is C26H40FN5O3. The highest BCUT2D eigenvalue weighted by molar-refractivity contribution is 6.20. The Hall–Kier alpha value is -1.55. The van der Waals surface area contributed by atoms with E-state index in [9.17, 15) is 9.59 Å². The number of ketones is 1. The highest BCUT2D eigenvalue weighted by atomic mass is 19.1. The summed E-state index contributed by atoms with van der Waals surface area (Å²) in [5, 5.41) is 2.98. The highest BCUT2D eigenvalue weighted by Crippen LogP contribution is 2.47. The zero-order valence-corrected chi connectivity index (χ0v) is 20.6. The zero-order valence-electron chi connectivity index (χ0n) is 20.6. The first-order valence-corrected chi connectivity index (χ1v) is 13.8. The molecule has 6 rings (SSSR count). The second-order valence-corrected chi connectivity index (χ2v) is 11.5. The van der Waals surface area contributed by atoms with Crippen molar-refractivity contribution >= 4 is 11.7 Å².